The summed E-state index contributed by atoms with van der Waals surface area (Å²) < 4.78 is 37.9. The molecule has 2 aromatic rings. The van der Waals surface area contributed by atoms with E-state index in [-0.39, 0.29) is 54.3 Å². The number of carboxylic acids is 1. The van der Waals surface area contributed by atoms with Crippen molar-refractivity contribution in [3.05, 3.63) is 40.7 Å². The van der Waals surface area contributed by atoms with Crippen molar-refractivity contribution in [2.75, 3.05) is 45.4 Å². The number of ether oxygens (including phenoxy) is 4. The largest absolute Gasteiger partial charge is 0.493 e. The van der Waals surface area contributed by atoms with Crippen molar-refractivity contribution in [2.45, 2.75) is 58.6 Å². The molecule has 1 fully saturated rings. The van der Waals surface area contributed by atoms with E-state index in [1.807, 2.05) is 13.8 Å². The van der Waals surface area contributed by atoms with Crippen LogP contribution < -0.4 is 23.8 Å². The maximum Gasteiger partial charge on any atom is 0.303 e. The predicted octanol–water partition coefficient (Wildman–Crippen LogP) is 4.89. The van der Waals surface area contributed by atoms with Crippen LogP contribution in [0.1, 0.15) is 67.4 Å². The Balaban J connectivity index is 1.61. The molecule has 0 amide bonds. The van der Waals surface area contributed by atoms with Gasteiger partial charge in [-0.05, 0) is 63.3 Å². The number of carbonyl (C=O) groups excluding carboxylic acids is 1. The molecule has 0 spiro atoms. The molecule has 222 valence electrons. The van der Waals surface area contributed by atoms with Crippen molar-refractivity contribution < 1.29 is 38.0 Å². The molecule has 2 N–H and O–H groups in total. The van der Waals surface area contributed by atoms with Crippen molar-refractivity contribution in [2.24, 2.45) is 0 Å². The van der Waals surface area contributed by atoms with Gasteiger partial charge < -0.3 is 33.9 Å². The third-order valence-electron chi connectivity index (χ3n) is 7.14. The molecule has 2 aliphatic rings. The summed E-state index contributed by atoms with van der Waals surface area (Å²) in [6, 6.07) is 5.10. The molecule has 2 heterocycles. The number of anilines is 1. The Morgan fingerprint density at radius 3 is 2.41 bits per heavy atom. The molecule has 0 radical (unpaired) electrons. The van der Waals surface area contributed by atoms with E-state index in [2.05, 4.69) is 4.90 Å². The number of carboxylic acid groups (broad SMARTS) is 1. The molecule has 0 unspecified atom stereocenters. The molecule has 10 nitrogen and oxygen atoms in total. The van der Waals surface area contributed by atoms with Gasteiger partial charge in [0.2, 0.25) is 0 Å². The highest BCUT2D eigenvalue weighted by atomic mass is 19.1. The van der Waals surface area contributed by atoms with E-state index < -0.39 is 11.8 Å². The van der Waals surface area contributed by atoms with Gasteiger partial charge in [-0.3, -0.25) is 15.0 Å². The second kappa shape index (κ2) is 13.1. The minimum absolute atomic E-state index is 0.0734. The average molecular weight is 572 g/mol. The fraction of sp³-hybridized carbons (Fsp3) is 0.500. The second-order valence-corrected chi connectivity index (χ2v) is 10.5. The number of carbonyl (C=O) groups is 2. The minimum Gasteiger partial charge on any atom is -0.493 e. The zero-order chi connectivity index (χ0) is 29.7. The molecule has 4 rings (SSSR count). The Morgan fingerprint density at radius 2 is 1.78 bits per heavy atom. The number of hydrogen-bond acceptors (Lipinski definition) is 8. The molecule has 0 aromatic heterocycles. The Kier molecular flexibility index (Phi) is 9.57. The summed E-state index contributed by atoms with van der Waals surface area (Å²) in [5, 5.41) is 17.5. The summed E-state index contributed by atoms with van der Waals surface area (Å²) in [5.74, 6) is -0.737. The molecule has 0 atom stereocenters. The van der Waals surface area contributed by atoms with Gasteiger partial charge in [-0.15, -0.1) is 0 Å². The van der Waals surface area contributed by atoms with Crippen LogP contribution in [0.4, 0.5) is 10.1 Å². The number of nitrogens with zero attached hydrogens (tertiary/aromatic N) is 2. The highest BCUT2D eigenvalue weighted by Crippen LogP contribution is 2.42. The average Bonchev–Trinajstić information content (AvgIpc) is 3.56. The van der Waals surface area contributed by atoms with Crippen LogP contribution in [0.15, 0.2) is 18.2 Å². The number of amidine groups is 1. The van der Waals surface area contributed by atoms with E-state index in [4.69, 9.17) is 29.5 Å². The number of halogens is 1. The number of nitrogens with one attached hydrogen (secondary N) is 1. The number of Topliss-reactive ketones (excluding diaryl/α,β-unsaturated/α-hetero) is 1. The van der Waals surface area contributed by atoms with Crippen LogP contribution in [-0.4, -0.2) is 74.2 Å². The molecule has 2 aliphatic heterocycles. The molecule has 11 heteroatoms. The second-order valence-electron chi connectivity index (χ2n) is 10.5. The molecule has 0 bridgehead atoms. The van der Waals surface area contributed by atoms with Crippen LogP contribution in [0.2, 0.25) is 0 Å². The van der Waals surface area contributed by atoms with E-state index in [1.54, 1.807) is 18.2 Å². The zero-order valence-corrected chi connectivity index (χ0v) is 24.0. The summed E-state index contributed by atoms with van der Waals surface area (Å²) in [6.45, 7) is 5.77. The molecule has 0 aliphatic carbocycles. The van der Waals surface area contributed by atoms with Gasteiger partial charge in [0, 0.05) is 31.6 Å². The van der Waals surface area contributed by atoms with Crippen LogP contribution in [0.25, 0.3) is 0 Å². The van der Waals surface area contributed by atoms with Crippen molar-refractivity contribution >= 4 is 23.3 Å². The lowest BCUT2D eigenvalue weighted by Gasteiger charge is -2.26. The standard InChI is InChI=1S/C30H38FN3O7/c1-18(2)41-24-14-19(13-21(33-10-6-7-11-33)28(24)40-12-8-5-9-25(36)37)22(35)17-34-16-20-15-23(38-3)29(39-4)27(31)26(20)30(34)32/h13-15,18,32H,5-12,16-17H2,1-4H3,(H,36,37). The van der Waals surface area contributed by atoms with Gasteiger partial charge in [0.1, 0.15) is 5.84 Å². The summed E-state index contributed by atoms with van der Waals surface area (Å²) in [4.78, 5) is 28.2. The SMILES string of the molecule is COc1cc2c(c(F)c1OC)C(=N)N(CC(=O)c1cc(OC(C)C)c(OCCCCC(=O)O)c(N3CCCC3)c1)C2. The number of methoxy groups -OCH3 is 2. The van der Waals surface area contributed by atoms with Crippen LogP contribution >= 0.6 is 0 Å². The molecule has 2 aromatic carbocycles. The third kappa shape index (κ3) is 6.66. The van der Waals surface area contributed by atoms with Crippen LogP contribution in [0.5, 0.6) is 23.0 Å². The maximum absolute atomic E-state index is 15.2. The number of ketones is 1. The Bertz CT molecular complexity index is 1310. The number of rotatable bonds is 14. The highest BCUT2D eigenvalue weighted by molar-refractivity contribution is 6.06. The molecule has 41 heavy (non-hydrogen) atoms. The van der Waals surface area contributed by atoms with Gasteiger partial charge in [-0.1, -0.05) is 0 Å². The lowest BCUT2D eigenvalue weighted by molar-refractivity contribution is -0.137. The lowest BCUT2D eigenvalue weighted by atomic mass is 10.1. The number of unbranched alkanes of at least 4 members (excludes halogenated alkanes) is 1. The first kappa shape index (κ1) is 30.0. The van der Waals surface area contributed by atoms with Crippen molar-refractivity contribution in [1.29, 1.82) is 5.41 Å². The first-order valence-corrected chi connectivity index (χ1v) is 13.9. The number of hydrogen-bond donors (Lipinski definition) is 2. The van der Waals surface area contributed by atoms with E-state index in [9.17, 15) is 9.59 Å². The summed E-state index contributed by atoms with van der Waals surface area (Å²) in [7, 11) is 2.76. The van der Waals surface area contributed by atoms with Crippen molar-refractivity contribution in [1.82, 2.24) is 4.90 Å². The van der Waals surface area contributed by atoms with Gasteiger partial charge in [0.15, 0.2) is 34.6 Å². The van der Waals surface area contributed by atoms with Gasteiger partial charge in [-0.25, -0.2) is 4.39 Å². The normalized spacial score (nSPS) is 14.4. The maximum atomic E-state index is 15.2. The van der Waals surface area contributed by atoms with E-state index >= 15 is 4.39 Å². The lowest BCUT2D eigenvalue weighted by Crippen LogP contribution is -2.30. The molecular weight excluding hydrogens is 533 g/mol. The predicted molar refractivity (Wildman–Crippen MR) is 152 cm³/mol. The fourth-order valence-electron chi connectivity index (χ4n) is 5.20. The Hall–Kier alpha value is -4.02. The topological polar surface area (TPSA) is 122 Å². The monoisotopic (exact) mass is 571 g/mol. The van der Waals surface area contributed by atoms with E-state index in [1.165, 1.54) is 19.1 Å². The first-order valence-electron chi connectivity index (χ1n) is 13.9. The summed E-state index contributed by atoms with van der Waals surface area (Å²) in [5.41, 5.74) is 1.80. The van der Waals surface area contributed by atoms with Crippen molar-refractivity contribution in [3.8, 4) is 23.0 Å². The highest BCUT2D eigenvalue weighted by Gasteiger charge is 2.33. The summed E-state index contributed by atoms with van der Waals surface area (Å²) in [6.07, 6.45) is 2.97. The Labute approximate surface area is 239 Å². The number of benzene rings is 2. The fourth-order valence-corrected chi connectivity index (χ4v) is 5.20. The molecule has 1 saturated heterocycles. The van der Waals surface area contributed by atoms with Crippen molar-refractivity contribution in [3.63, 3.8) is 0 Å². The molecule has 0 saturated carbocycles. The van der Waals surface area contributed by atoms with Crippen LogP contribution in [-0.2, 0) is 11.3 Å². The van der Waals surface area contributed by atoms with E-state index in [0.29, 0.717) is 42.1 Å². The first-order chi connectivity index (χ1) is 19.6. The van der Waals surface area contributed by atoms with Gasteiger partial charge >= 0.3 is 5.97 Å². The molecular formula is C30H38FN3O7. The minimum atomic E-state index is -0.843. The van der Waals surface area contributed by atoms with Gasteiger partial charge in [-0.2, -0.15) is 0 Å². The van der Waals surface area contributed by atoms with Gasteiger partial charge in [0.25, 0.3) is 0 Å². The quantitative estimate of drug-likeness (QED) is 0.241. The Morgan fingerprint density at radius 1 is 1.05 bits per heavy atom. The smallest absolute Gasteiger partial charge is 0.303 e. The summed E-state index contributed by atoms with van der Waals surface area (Å²) >= 11 is 0. The van der Waals surface area contributed by atoms with Crippen LogP contribution in [0.3, 0.4) is 0 Å². The number of fused-ring (bicyclic) bond motifs is 1. The van der Waals surface area contributed by atoms with Gasteiger partial charge in [0.05, 0.1) is 44.7 Å². The number of aliphatic carboxylic acids is 1. The van der Waals surface area contributed by atoms with E-state index in [0.717, 1.165) is 31.6 Å². The van der Waals surface area contributed by atoms with Crippen LogP contribution in [0, 0.1) is 11.2 Å². The zero-order valence-electron chi connectivity index (χ0n) is 24.0. The third-order valence-corrected chi connectivity index (χ3v) is 7.14.